The van der Waals surface area contributed by atoms with Gasteiger partial charge in [0, 0.05) is 31.7 Å². The van der Waals surface area contributed by atoms with E-state index >= 15 is 0 Å². The molecule has 1 aliphatic heterocycles. The van der Waals surface area contributed by atoms with Crippen molar-refractivity contribution in [3.05, 3.63) is 92.1 Å². The van der Waals surface area contributed by atoms with Gasteiger partial charge < -0.3 is 14.5 Å². The summed E-state index contributed by atoms with van der Waals surface area (Å²) in [7, 11) is 1.63. The summed E-state index contributed by atoms with van der Waals surface area (Å²) in [6, 6.07) is 17.3. The molecule has 2 aromatic carbocycles. The summed E-state index contributed by atoms with van der Waals surface area (Å²) in [4.78, 5) is 31.9. The van der Waals surface area contributed by atoms with Gasteiger partial charge in [0.1, 0.15) is 6.54 Å². The molecule has 4 rings (SSSR count). The van der Waals surface area contributed by atoms with Gasteiger partial charge in [-0.15, -0.1) is 11.3 Å². The van der Waals surface area contributed by atoms with Gasteiger partial charge in [-0.05, 0) is 54.5 Å². The van der Waals surface area contributed by atoms with E-state index in [2.05, 4.69) is 42.6 Å². The molecule has 1 atom stereocenters. The standard InChI is InChI=1S/C27H29ClN2O3S/c1-19-8-10-20(11-9-19)26-22-13-17-34-24(22)12-15-30(26)25(31)18-29(14-5-16-33-2)27(32)21-6-3-4-7-23(21)28/h3-4,6-11,13,17,26H,5,12,14-16,18H2,1-2H3. The van der Waals surface area contributed by atoms with E-state index in [9.17, 15) is 9.59 Å². The predicted octanol–water partition coefficient (Wildman–Crippen LogP) is 5.36. The first-order valence-electron chi connectivity index (χ1n) is 11.4. The minimum atomic E-state index is -0.241. The van der Waals surface area contributed by atoms with E-state index in [0.29, 0.717) is 36.7 Å². The molecule has 0 saturated carbocycles. The number of carbonyl (C=O) groups excluding carboxylic acids is 2. The molecule has 0 aliphatic carbocycles. The maximum Gasteiger partial charge on any atom is 0.255 e. The van der Waals surface area contributed by atoms with Crippen LogP contribution in [0.2, 0.25) is 5.02 Å². The second-order valence-electron chi connectivity index (χ2n) is 8.50. The summed E-state index contributed by atoms with van der Waals surface area (Å²) in [6.07, 6.45) is 1.46. The minimum absolute atomic E-state index is 0.00436. The average molecular weight is 497 g/mol. The van der Waals surface area contributed by atoms with Crippen molar-refractivity contribution >= 4 is 34.8 Å². The molecule has 1 aromatic heterocycles. The van der Waals surface area contributed by atoms with Gasteiger partial charge in [0.15, 0.2) is 0 Å². The number of hydrogen-bond acceptors (Lipinski definition) is 4. The molecule has 0 radical (unpaired) electrons. The fraction of sp³-hybridized carbons (Fsp3) is 0.333. The van der Waals surface area contributed by atoms with E-state index in [0.717, 1.165) is 12.0 Å². The summed E-state index contributed by atoms with van der Waals surface area (Å²) < 4.78 is 5.18. The van der Waals surface area contributed by atoms with Crippen LogP contribution in [-0.4, -0.2) is 55.0 Å². The van der Waals surface area contributed by atoms with Crippen LogP contribution in [0.15, 0.2) is 60.0 Å². The lowest BCUT2D eigenvalue weighted by atomic mass is 9.92. The Morgan fingerprint density at radius 3 is 2.65 bits per heavy atom. The Hall–Kier alpha value is -2.67. The van der Waals surface area contributed by atoms with Crippen molar-refractivity contribution in [2.24, 2.45) is 0 Å². The van der Waals surface area contributed by atoms with Gasteiger partial charge in [0.2, 0.25) is 5.91 Å². The topological polar surface area (TPSA) is 49.9 Å². The molecule has 0 fully saturated rings. The zero-order valence-electron chi connectivity index (χ0n) is 19.5. The van der Waals surface area contributed by atoms with E-state index < -0.39 is 0 Å². The van der Waals surface area contributed by atoms with Crippen LogP contribution < -0.4 is 0 Å². The molecule has 7 heteroatoms. The third kappa shape index (κ3) is 5.35. The van der Waals surface area contributed by atoms with Crippen LogP contribution in [-0.2, 0) is 16.0 Å². The van der Waals surface area contributed by atoms with Crippen molar-refractivity contribution in [2.45, 2.75) is 25.8 Å². The van der Waals surface area contributed by atoms with Gasteiger partial charge in [0.25, 0.3) is 5.91 Å². The molecule has 2 amide bonds. The highest BCUT2D eigenvalue weighted by atomic mass is 35.5. The van der Waals surface area contributed by atoms with Gasteiger partial charge in [-0.25, -0.2) is 0 Å². The number of nitrogens with zero attached hydrogens (tertiary/aromatic N) is 2. The largest absolute Gasteiger partial charge is 0.385 e. The number of fused-ring (bicyclic) bond motifs is 1. The Morgan fingerprint density at radius 2 is 1.91 bits per heavy atom. The van der Waals surface area contributed by atoms with E-state index in [-0.39, 0.29) is 24.4 Å². The third-order valence-corrected chi connectivity index (χ3v) is 7.50. The van der Waals surface area contributed by atoms with Gasteiger partial charge >= 0.3 is 0 Å². The highest BCUT2D eigenvalue weighted by Crippen LogP contribution is 2.38. The maximum atomic E-state index is 13.7. The normalized spacial score (nSPS) is 15.1. The molecule has 0 spiro atoms. The molecule has 178 valence electrons. The summed E-state index contributed by atoms with van der Waals surface area (Å²) in [5.74, 6) is -0.310. The first-order valence-corrected chi connectivity index (χ1v) is 12.7. The molecule has 3 aromatic rings. The second kappa shape index (κ2) is 11.2. The highest BCUT2D eigenvalue weighted by molar-refractivity contribution is 7.10. The fourth-order valence-electron chi connectivity index (χ4n) is 4.40. The SMILES string of the molecule is COCCCN(CC(=O)N1CCc2sccc2C1c1ccc(C)cc1)C(=O)c1ccccc1Cl. The Morgan fingerprint density at radius 1 is 1.15 bits per heavy atom. The molecule has 5 nitrogen and oxygen atoms in total. The van der Waals surface area contributed by atoms with Crippen molar-refractivity contribution < 1.29 is 14.3 Å². The zero-order valence-corrected chi connectivity index (χ0v) is 21.1. The van der Waals surface area contributed by atoms with Crippen LogP contribution >= 0.6 is 22.9 Å². The Kier molecular flexibility index (Phi) is 8.03. The quantitative estimate of drug-likeness (QED) is 0.394. The maximum absolute atomic E-state index is 13.7. The number of carbonyl (C=O) groups is 2. The van der Waals surface area contributed by atoms with Gasteiger partial charge in [-0.2, -0.15) is 0 Å². The summed E-state index contributed by atoms with van der Waals surface area (Å²) >= 11 is 8.04. The molecule has 34 heavy (non-hydrogen) atoms. The van der Waals surface area contributed by atoms with E-state index in [1.165, 1.54) is 16.0 Å². The second-order valence-corrected chi connectivity index (χ2v) is 9.91. The Balaban J connectivity index is 1.61. The zero-order chi connectivity index (χ0) is 24.1. The molecule has 0 saturated heterocycles. The van der Waals surface area contributed by atoms with Crippen LogP contribution in [0.25, 0.3) is 0 Å². The summed E-state index contributed by atoms with van der Waals surface area (Å²) in [5.41, 5.74) is 3.85. The lowest BCUT2D eigenvalue weighted by molar-refractivity contribution is -0.134. The molecular weight excluding hydrogens is 468 g/mol. The first-order chi connectivity index (χ1) is 16.5. The lowest BCUT2D eigenvalue weighted by Gasteiger charge is -2.37. The van der Waals surface area contributed by atoms with Crippen molar-refractivity contribution in [1.29, 1.82) is 0 Å². The van der Waals surface area contributed by atoms with Crippen molar-refractivity contribution in [3.8, 4) is 0 Å². The number of hydrogen-bond donors (Lipinski definition) is 0. The van der Waals surface area contributed by atoms with Crippen LogP contribution in [0.5, 0.6) is 0 Å². The molecule has 2 heterocycles. The Labute approximate surface area is 209 Å². The predicted molar refractivity (Wildman–Crippen MR) is 137 cm³/mol. The lowest BCUT2D eigenvalue weighted by Crippen LogP contribution is -2.47. The van der Waals surface area contributed by atoms with E-state index in [4.69, 9.17) is 16.3 Å². The fourth-order valence-corrected chi connectivity index (χ4v) is 5.52. The van der Waals surface area contributed by atoms with Crippen LogP contribution in [0.3, 0.4) is 0 Å². The van der Waals surface area contributed by atoms with Gasteiger partial charge in [0.05, 0.1) is 16.6 Å². The van der Waals surface area contributed by atoms with E-state index in [1.54, 1.807) is 47.6 Å². The molecule has 1 aliphatic rings. The number of ether oxygens (including phenoxy) is 1. The first kappa shape index (κ1) is 24.5. The molecule has 1 unspecified atom stereocenters. The molecular formula is C27H29ClN2O3S. The highest BCUT2D eigenvalue weighted by Gasteiger charge is 2.34. The number of halogens is 1. The van der Waals surface area contributed by atoms with Gasteiger partial charge in [-0.3, -0.25) is 9.59 Å². The number of benzene rings is 2. The Bertz CT molecular complexity index is 1140. The van der Waals surface area contributed by atoms with Crippen molar-refractivity contribution in [2.75, 3.05) is 33.4 Å². The summed E-state index contributed by atoms with van der Waals surface area (Å²) in [6.45, 7) is 3.60. The number of thiophene rings is 1. The monoisotopic (exact) mass is 496 g/mol. The molecule has 0 bridgehead atoms. The number of amides is 2. The number of rotatable bonds is 8. The van der Waals surface area contributed by atoms with Crippen LogP contribution in [0.1, 0.15) is 44.4 Å². The van der Waals surface area contributed by atoms with Crippen molar-refractivity contribution in [3.63, 3.8) is 0 Å². The van der Waals surface area contributed by atoms with Crippen LogP contribution in [0.4, 0.5) is 0 Å². The summed E-state index contributed by atoms with van der Waals surface area (Å²) in [5, 5.41) is 2.48. The average Bonchev–Trinajstić information content (AvgIpc) is 3.32. The third-order valence-electron chi connectivity index (χ3n) is 6.17. The van der Waals surface area contributed by atoms with Crippen LogP contribution in [0, 0.1) is 6.92 Å². The molecule has 0 N–H and O–H groups in total. The van der Waals surface area contributed by atoms with E-state index in [1.807, 2.05) is 4.90 Å². The van der Waals surface area contributed by atoms with Crippen molar-refractivity contribution in [1.82, 2.24) is 9.80 Å². The minimum Gasteiger partial charge on any atom is -0.385 e. The number of methoxy groups -OCH3 is 1. The number of aryl methyl sites for hydroxylation is 1. The smallest absolute Gasteiger partial charge is 0.255 e. The van der Waals surface area contributed by atoms with Gasteiger partial charge in [-0.1, -0.05) is 53.6 Å².